The molecule has 1 saturated heterocycles. The molecule has 10 heteroatoms. The molecule has 0 saturated carbocycles. The summed E-state index contributed by atoms with van der Waals surface area (Å²) >= 11 is 1.26. The summed E-state index contributed by atoms with van der Waals surface area (Å²) < 4.78 is 7.31. The number of fused-ring (bicyclic) bond motifs is 1. The van der Waals surface area contributed by atoms with Crippen LogP contribution in [0.2, 0.25) is 0 Å². The molecule has 178 valence electrons. The summed E-state index contributed by atoms with van der Waals surface area (Å²) in [4.78, 5) is 43.0. The zero-order valence-electron chi connectivity index (χ0n) is 19.5. The lowest BCUT2D eigenvalue weighted by atomic mass is 9.92. The Morgan fingerprint density at radius 2 is 1.97 bits per heavy atom. The van der Waals surface area contributed by atoms with Crippen LogP contribution in [0.3, 0.4) is 0 Å². The molecule has 0 unspecified atom stereocenters. The van der Waals surface area contributed by atoms with Crippen molar-refractivity contribution in [3.63, 3.8) is 0 Å². The van der Waals surface area contributed by atoms with Gasteiger partial charge in [0.1, 0.15) is 11.3 Å². The van der Waals surface area contributed by atoms with Gasteiger partial charge >= 0.3 is 6.03 Å². The lowest BCUT2D eigenvalue weighted by Crippen LogP contribution is -2.48. The molecule has 0 spiro atoms. The van der Waals surface area contributed by atoms with Crippen molar-refractivity contribution in [2.75, 3.05) is 12.9 Å². The van der Waals surface area contributed by atoms with Crippen LogP contribution < -0.4 is 15.5 Å². The van der Waals surface area contributed by atoms with Crippen molar-refractivity contribution >= 4 is 40.6 Å². The van der Waals surface area contributed by atoms with Gasteiger partial charge in [-0.15, -0.1) is 0 Å². The maximum atomic E-state index is 13.1. The van der Waals surface area contributed by atoms with E-state index in [0.29, 0.717) is 22.4 Å². The Balaban J connectivity index is 1.46. The number of nitrogens with zero attached hydrogens (tertiary/aromatic N) is 3. The molecule has 2 N–H and O–H groups in total. The first kappa shape index (κ1) is 23.6. The highest BCUT2D eigenvalue weighted by Gasteiger charge is 2.50. The van der Waals surface area contributed by atoms with E-state index in [0.717, 1.165) is 22.6 Å². The maximum absolute atomic E-state index is 13.1. The van der Waals surface area contributed by atoms with Crippen molar-refractivity contribution in [3.8, 4) is 5.75 Å². The third-order valence-corrected chi connectivity index (χ3v) is 6.55. The van der Waals surface area contributed by atoms with E-state index in [-0.39, 0.29) is 5.75 Å². The molecule has 1 aromatic heterocycles. The predicted molar refractivity (Wildman–Crippen MR) is 129 cm³/mol. The van der Waals surface area contributed by atoms with E-state index in [2.05, 4.69) is 34.1 Å². The third-order valence-electron chi connectivity index (χ3n) is 5.57. The molecule has 9 nitrogen and oxygen atoms in total. The number of carbonyl (C=O) groups is 3. The molecule has 2 aromatic carbocycles. The topological polar surface area (TPSA) is 106 Å². The van der Waals surface area contributed by atoms with Gasteiger partial charge in [0, 0.05) is 6.54 Å². The zero-order valence-corrected chi connectivity index (χ0v) is 20.3. The molecule has 1 atom stereocenters. The Morgan fingerprint density at radius 3 is 2.71 bits per heavy atom. The van der Waals surface area contributed by atoms with Crippen LogP contribution >= 0.6 is 11.8 Å². The minimum atomic E-state index is -1.32. The number of rotatable bonds is 8. The fraction of sp³-hybridized carbons (Fsp3) is 0.333. The molecule has 34 heavy (non-hydrogen) atoms. The average molecular weight is 482 g/mol. The Labute approximate surface area is 201 Å². The molecule has 0 bridgehead atoms. The monoisotopic (exact) mass is 481 g/mol. The fourth-order valence-electron chi connectivity index (χ4n) is 3.86. The van der Waals surface area contributed by atoms with Gasteiger partial charge in [-0.05, 0) is 42.7 Å². The average Bonchev–Trinajstić information content (AvgIpc) is 3.27. The SMILES string of the molecule is COc1cccc([C@]2(C)NC(=O)N(NC(=O)CSc3nc4ccccc4n3CC(C)C)C2=O)c1. The van der Waals surface area contributed by atoms with Gasteiger partial charge in [-0.1, -0.05) is 49.9 Å². The minimum absolute atomic E-state index is 0.00560. The molecule has 0 radical (unpaired) electrons. The van der Waals surface area contributed by atoms with E-state index < -0.39 is 23.4 Å². The Hall–Kier alpha value is -3.53. The number of carbonyl (C=O) groups excluding carboxylic acids is 3. The molecule has 3 aromatic rings. The van der Waals surface area contributed by atoms with E-state index in [1.165, 1.54) is 18.9 Å². The van der Waals surface area contributed by atoms with Crippen LogP contribution in [0.15, 0.2) is 53.7 Å². The summed E-state index contributed by atoms with van der Waals surface area (Å²) in [7, 11) is 1.52. The van der Waals surface area contributed by atoms with E-state index >= 15 is 0 Å². The van der Waals surface area contributed by atoms with Crippen molar-refractivity contribution in [2.24, 2.45) is 5.92 Å². The number of nitrogens with one attached hydrogen (secondary N) is 2. The third kappa shape index (κ3) is 4.45. The number of hydrazine groups is 1. The molecule has 2 heterocycles. The fourth-order valence-corrected chi connectivity index (χ4v) is 4.68. The Bertz CT molecular complexity index is 1260. The highest BCUT2D eigenvalue weighted by atomic mass is 32.2. The van der Waals surface area contributed by atoms with Crippen LogP contribution in [0.5, 0.6) is 5.75 Å². The number of benzene rings is 2. The molecule has 1 aliphatic rings. The lowest BCUT2D eigenvalue weighted by Gasteiger charge is -2.22. The first-order chi connectivity index (χ1) is 16.2. The largest absolute Gasteiger partial charge is 0.497 e. The van der Waals surface area contributed by atoms with E-state index in [1.54, 1.807) is 31.2 Å². The van der Waals surface area contributed by atoms with E-state index in [4.69, 9.17) is 4.74 Å². The van der Waals surface area contributed by atoms with Gasteiger partial charge < -0.3 is 14.6 Å². The highest BCUT2D eigenvalue weighted by Crippen LogP contribution is 2.30. The van der Waals surface area contributed by atoms with Crippen molar-refractivity contribution in [2.45, 2.75) is 38.0 Å². The van der Waals surface area contributed by atoms with E-state index in [9.17, 15) is 14.4 Å². The van der Waals surface area contributed by atoms with Crippen molar-refractivity contribution < 1.29 is 19.1 Å². The van der Waals surface area contributed by atoms with Gasteiger partial charge in [0.25, 0.3) is 5.91 Å². The molecular formula is C24H27N5O4S. The smallest absolute Gasteiger partial charge is 0.344 e. The number of amides is 4. The second-order valence-corrected chi connectivity index (χ2v) is 9.58. The van der Waals surface area contributed by atoms with Crippen LogP contribution in [0, 0.1) is 5.92 Å². The number of urea groups is 1. The van der Waals surface area contributed by atoms with Crippen LogP contribution in [-0.4, -0.2) is 45.3 Å². The number of aromatic nitrogens is 2. The molecule has 1 fully saturated rings. The first-order valence-corrected chi connectivity index (χ1v) is 11.9. The number of methoxy groups -OCH3 is 1. The van der Waals surface area contributed by atoms with Crippen molar-refractivity contribution in [1.29, 1.82) is 0 Å². The maximum Gasteiger partial charge on any atom is 0.344 e. The number of hydrogen-bond donors (Lipinski definition) is 2. The predicted octanol–water partition coefficient (Wildman–Crippen LogP) is 3.29. The Morgan fingerprint density at radius 1 is 1.21 bits per heavy atom. The Kier molecular flexibility index (Phi) is 6.52. The summed E-state index contributed by atoms with van der Waals surface area (Å²) in [5.41, 5.74) is 3.53. The number of thioether (sulfide) groups is 1. The van der Waals surface area contributed by atoms with Crippen molar-refractivity contribution in [3.05, 3.63) is 54.1 Å². The van der Waals surface area contributed by atoms with Gasteiger partial charge in [-0.25, -0.2) is 9.78 Å². The number of ether oxygens (including phenoxy) is 1. The number of imidazole rings is 1. The van der Waals surface area contributed by atoms with Crippen molar-refractivity contribution in [1.82, 2.24) is 25.3 Å². The van der Waals surface area contributed by atoms with Crippen LogP contribution in [0.4, 0.5) is 4.79 Å². The molecular weight excluding hydrogens is 454 g/mol. The summed E-state index contributed by atoms with van der Waals surface area (Å²) in [6, 6.07) is 14.0. The summed E-state index contributed by atoms with van der Waals surface area (Å²) in [5, 5.41) is 4.12. The second-order valence-electron chi connectivity index (χ2n) is 8.64. The zero-order chi connectivity index (χ0) is 24.5. The molecule has 4 rings (SSSR count). The van der Waals surface area contributed by atoms with Gasteiger partial charge in [0.15, 0.2) is 5.16 Å². The van der Waals surface area contributed by atoms with Gasteiger partial charge in [0.05, 0.1) is 23.9 Å². The quantitative estimate of drug-likeness (QED) is 0.378. The second kappa shape index (κ2) is 9.38. The summed E-state index contributed by atoms with van der Waals surface area (Å²) in [6.45, 7) is 6.59. The highest BCUT2D eigenvalue weighted by molar-refractivity contribution is 7.99. The van der Waals surface area contributed by atoms with Crippen LogP contribution in [0.1, 0.15) is 26.3 Å². The number of para-hydroxylation sites is 2. The molecule has 4 amide bonds. The summed E-state index contributed by atoms with van der Waals surface area (Å²) in [6.07, 6.45) is 0. The standard InChI is InChI=1S/C24H27N5O4S/c1-15(2)13-28-19-11-6-5-10-18(19)25-23(28)34-14-20(30)27-29-21(31)24(3,26-22(29)32)16-8-7-9-17(12-16)33-4/h5-12,15H,13-14H2,1-4H3,(H,26,32)(H,27,30)/t24-/m0/s1. The van der Waals surface area contributed by atoms with Gasteiger partial charge in [-0.2, -0.15) is 5.01 Å². The molecule has 1 aliphatic heterocycles. The first-order valence-electron chi connectivity index (χ1n) is 10.9. The van der Waals surface area contributed by atoms with Crippen LogP contribution in [0.25, 0.3) is 11.0 Å². The number of hydrogen-bond acceptors (Lipinski definition) is 6. The molecule has 0 aliphatic carbocycles. The summed E-state index contributed by atoms with van der Waals surface area (Å²) in [5.74, 6) is -0.105. The van der Waals surface area contributed by atoms with Gasteiger partial charge in [-0.3, -0.25) is 15.0 Å². The van der Waals surface area contributed by atoms with Crippen LogP contribution in [-0.2, 0) is 21.7 Å². The minimum Gasteiger partial charge on any atom is -0.497 e. The van der Waals surface area contributed by atoms with E-state index in [1.807, 2.05) is 24.3 Å². The lowest BCUT2D eigenvalue weighted by molar-refractivity contribution is -0.138. The normalized spacial score (nSPS) is 18.0. The number of imide groups is 1. The van der Waals surface area contributed by atoms with Gasteiger partial charge in [0.2, 0.25) is 5.91 Å².